The fraction of sp³-hybridized carbons (Fsp3) is 0.889. The summed E-state index contributed by atoms with van der Waals surface area (Å²) in [6.07, 6.45) is -1.28. The van der Waals surface area contributed by atoms with Crippen molar-refractivity contribution in [1.29, 1.82) is 0 Å². The van der Waals surface area contributed by atoms with Gasteiger partial charge in [-0.1, -0.05) is 13.8 Å². The van der Waals surface area contributed by atoms with Crippen LogP contribution < -0.4 is 0 Å². The van der Waals surface area contributed by atoms with Crippen LogP contribution in [-0.4, -0.2) is 30.1 Å². The zero-order valence-corrected chi connectivity index (χ0v) is 8.61. The number of carboxylic acid groups (broad SMARTS) is 1. The van der Waals surface area contributed by atoms with E-state index in [0.717, 1.165) is 0 Å². The molecule has 13 heavy (non-hydrogen) atoms. The minimum Gasteiger partial charge on any atom is -0.479 e. The summed E-state index contributed by atoms with van der Waals surface area (Å²) in [5, 5.41) is 8.53. The van der Waals surface area contributed by atoms with Crippen molar-refractivity contribution >= 4 is 5.97 Å². The van der Waals surface area contributed by atoms with Gasteiger partial charge in [0.2, 0.25) is 0 Å². The van der Waals surface area contributed by atoms with Gasteiger partial charge in [-0.2, -0.15) is 0 Å². The first-order valence-electron chi connectivity index (χ1n) is 4.43. The van der Waals surface area contributed by atoms with Crippen LogP contribution in [0.15, 0.2) is 0 Å². The van der Waals surface area contributed by atoms with Crippen molar-refractivity contribution in [3.05, 3.63) is 0 Å². The normalized spacial score (nSPS) is 15.8. The summed E-state index contributed by atoms with van der Waals surface area (Å²) in [6, 6.07) is 0. The molecule has 0 fully saturated rings. The molecular formula is C9H18O4. The molecular weight excluding hydrogens is 172 g/mol. The average molecular weight is 190 g/mol. The molecule has 0 radical (unpaired) electrons. The highest BCUT2D eigenvalue weighted by Gasteiger charge is 2.15. The summed E-state index contributed by atoms with van der Waals surface area (Å²) in [5.41, 5.74) is 0. The van der Waals surface area contributed by atoms with Gasteiger partial charge in [-0.25, -0.2) is 4.79 Å². The lowest BCUT2D eigenvalue weighted by Crippen LogP contribution is -2.27. The van der Waals surface area contributed by atoms with E-state index in [1.807, 2.05) is 13.8 Å². The Morgan fingerprint density at radius 3 is 2.23 bits per heavy atom. The molecule has 0 aromatic heterocycles. The van der Waals surface area contributed by atoms with Gasteiger partial charge in [0.05, 0.1) is 6.61 Å². The van der Waals surface area contributed by atoms with Crippen LogP contribution in [0.25, 0.3) is 0 Å². The fourth-order valence-electron chi connectivity index (χ4n) is 0.713. The maximum atomic E-state index is 10.4. The van der Waals surface area contributed by atoms with Crippen molar-refractivity contribution < 1.29 is 19.4 Å². The van der Waals surface area contributed by atoms with Crippen LogP contribution in [0.3, 0.4) is 0 Å². The summed E-state index contributed by atoms with van der Waals surface area (Å²) >= 11 is 0. The van der Waals surface area contributed by atoms with Gasteiger partial charge >= 0.3 is 5.97 Å². The molecule has 2 atom stereocenters. The van der Waals surface area contributed by atoms with Crippen molar-refractivity contribution in [2.75, 3.05) is 6.61 Å². The van der Waals surface area contributed by atoms with Crippen LogP contribution in [0.5, 0.6) is 0 Å². The first kappa shape index (κ1) is 12.4. The minimum absolute atomic E-state index is 0.422. The van der Waals surface area contributed by atoms with Crippen molar-refractivity contribution in [2.24, 2.45) is 5.92 Å². The highest BCUT2D eigenvalue weighted by atomic mass is 16.7. The molecule has 0 aliphatic rings. The SMILES string of the molecule is CC(C)COC(C)O[C@H](C)C(=O)O. The Morgan fingerprint density at radius 2 is 1.85 bits per heavy atom. The summed E-state index contributed by atoms with van der Waals surface area (Å²) in [7, 11) is 0. The Balaban J connectivity index is 3.61. The predicted molar refractivity (Wildman–Crippen MR) is 48.4 cm³/mol. The second-order valence-electron chi connectivity index (χ2n) is 3.41. The van der Waals surface area contributed by atoms with E-state index in [-0.39, 0.29) is 0 Å². The molecule has 0 rings (SSSR count). The maximum absolute atomic E-state index is 10.4. The quantitative estimate of drug-likeness (QED) is 0.645. The van der Waals surface area contributed by atoms with Crippen LogP contribution in [0.1, 0.15) is 27.7 Å². The first-order valence-corrected chi connectivity index (χ1v) is 4.43. The number of rotatable bonds is 6. The molecule has 0 bridgehead atoms. The molecule has 0 heterocycles. The van der Waals surface area contributed by atoms with Crippen molar-refractivity contribution in [2.45, 2.75) is 40.1 Å². The predicted octanol–water partition coefficient (Wildman–Crippen LogP) is 1.49. The maximum Gasteiger partial charge on any atom is 0.332 e. The lowest BCUT2D eigenvalue weighted by Gasteiger charge is -2.17. The number of carbonyl (C=O) groups is 1. The highest BCUT2D eigenvalue weighted by Crippen LogP contribution is 2.02. The monoisotopic (exact) mass is 190 g/mol. The van der Waals surface area contributed by atoms with Gasteiger partial charge in [0.1, 0.15) is 0 Å². The van der Waals surface area contributed by atoms with E-state index in [1.165, 1.54) is 6.92 Å². The first-order chi connectivity index (χ1) is 5.93. The van der Waals surface area contributed by atoms with Gasteiger partial charge in [-0.05, 0) is 19.8 Å². The Kier molecular flexibility index (Phi) is 5.66. The Labute approximate surface area is 78.8 Å². The lowest BCUT2D eigenvalue weighted by atomic mass is 10.2. The number of hydrogen-bond donors (Lipinski definition) is 1. The standard InChI is InChI=1S/C9H18O4/c1-6(2)5-12-8(4)13-7(3)9(10)11/h6-8H,5H2,1-4H3,(H,10,11)/t7-,8?/m1/s1. The van der Waals surface area contributed by atoms with Gasteiger partial charge in [-0.3, -0.25) is 0 Å². The van der Waals surface area contributed by atoms with Crippen LogP contribution in [0.2, 0.25) is 0 Å². The van der Waals surface area contributed by atoms with Crippen LogP contribution in [0.4, 0.5) is 0 Å². The fourth-order valence-corrected chi connectivity index (χ4v) is 0.713. The van der Waals surface area contributed by atoms with Crippen molar-refractivity contribution in [3.8, 4) is 0 Å². The summed E-state index contributed by atoms with van der Waals surface area (Å²) in [5.74, 6) is -0.550. The minimum atomic E-state index is -0.972. The third-order valence-electron chi connectivity index (χ3n) is 1.41. The Bertz CT molecular complexity index is 156. The van der Waals surface area contributed by atoms with E-state index < -0.39 is 18.4 Å². The third-order valence-corrected chi connectivity index (χ3v) is 1.41. The molecule has 4 nitrogen and oxygen atoms in total. The molecule has 0 spiro atoms. The molecule has 0 aliphatic carbocycles. The number of aliphatic carboxylic acids is 1. The summed E-state index contributed by atoms with van der Waals surface area (Å²) < 4.78 is 10.3. The van der Waals surface area contributed by atoms with Gasteiger partial charge < -0.3 is 14.6 Å². The topological polar surface area (TPSA) is 55.8 Å². The Hall–Kier alpha value is -0.610. The Morgan fingerprint density at radius 1 is 1.31 bits per heavy atom. The zero-order valence-electron chi connectivity index (χ0n) is 8.61. The molecule has 0 amide bonds. The van der Waals surface area contributed by atoms with Crippen molar-refractivity contribution in [1.82, 2.24) is 0 Å². The molecule has 0 saturated carbocycles. The third kappa shape index (κ3) is 6.54. The number of ether oxygens (including phenoxy) is 2. The van der Waals surface area contributed by atoms with Crippen LogP contribution >= 0.6 is 0 Å². The van der Waals surface area contributed by atoms with E-state index in [2.05, 4.69) is 0 Å². The lowest BCUT2D eigenvalue weighted by molar-refractivity contribution is -0.183. The van der Waals surface area contributed by atoms with Crippen LogP contribution in [-0.2, 0) is 14.3 Å². The second kappa shape index (κ2) is 5.94. The van der Waals surface area contributed by atoms with E-state index >= 15 is 0 Å². The molecule has 0 aromatic carbocycles. The number of carboxylic acids is 1. The summed E-state index contributed by atoms with van der Waals surface area (Å²) in [4.78, 5) is 10.4. The van der Waals surface area contributed by atoms with E-state index in [1.54, 1.807) is 6.92 Å². The van der Waals surface area contributed by atoms with Gasteiger partial charge in [0, 0.05) is 0 Å². The highest BCUT2D eigenvalue weighted by molar-refractivity contribution is 5.71. The van der Waals surface area contributed by atoms with Gasteiger partial charge in [0.15, 0.2) is 12.4 Å². The second-order valence-corrected chi connectivity index (χ2v) is 3.41. The smallest absolute Gasteiger partial charge is 0.332 e. The van der Waals surface area contributed by atoms with Crippen LogP contribution in [0, 0.1) is 5.92 Å². The molecule has 0 aliphatic heterocycles. The zero-order chi connectivity index (χ0) is 10.4. The molecule has 1 unspecified atom stereocenters. The number of hydrogen-bond acceptors (Lipinski definition) is 3. The van der Waals surface area contributed by atoms with E-state index in [9.17, 15) is 4.79 Å². The van der Waals surface area contributed by atoms with Gasteiger partial charge in [0.25, 0.3) is 0 Å². The average Bonchev–Trinajstić information content (AvgIpc) is 2.00. The molecule has 1 N–H and O–H groups in total. The largest absolute Gasteiger partial charge is 0.479 e. The van der Waals surface area contributed by atoms with Gasteiger partial charge in [-0.15, -0.1) is 0 Å². The molecule has 4 heteroatoms. The molecule has 0 aromatic rings. The summed E-state index contributed by atoms with van der Waals surface area (Å²) in [6.45, 7) is 7.80. The molecule has 0 saturated heterocycles. The van der Waals surface area contributed by atoms with E-state index in [4.69, 9.17) is 14.6 Å². The van der Waals surface area contributed by atoms with Crippen molar-refractivity contribution in [3.63, 3.8) is 0 Å². The van der Waals surface area contributed by atoms with E-state index in [0.29, 0.717) is 12.5 Å². The molecule has 78 valence electrons.